The Morgan fingerprint density at radius 1 is 1.03 bits per heavy atom. The van der Waals surface area contributed by atoms with Crippen LogP contribution in [0.1, 0.15) is 18.1 Å². The number of rotatable bonds is 6. The highest BCUT2D eigenvalue weighted by molar-refractivity contribution is 5.83. The molecule has 3 aromatic rings. The van der Waals surface area contributed by atoms with E-state index in [1.54, 1.807) is 24.5 Å². The average Bonchev–Trinajstić information content (AvgIpc) is 2.99. The average molecular weight is 446 g/mol. The first-order chi connectivity index (χ1) is 16.0. The SMILES string of the molecule is CCN1CCN(C(=O)Cc2cccnc2)CC(Cc2cccc(-c3ccc(F)cc3)c2)C1=O. The van der Waals surface area contributed by atoms with E-state index in [9.17, 15) is 14.0 Å². The largest absolute Gasteiger partial charge is 0.341 e. The number of halogens is 1. The minimum Gasteiger partial charge on any atom is -0.341 e. The van der Waals surface area contributed by atoms with Gasteiger partial charge in [-0.25, -0.2) is 4.39 Å². The number of hydrogen-bond donors (Lipinski definition) is 0. The van der Waals surface area contributed by atoms with Crippen LogP contribution < -0.4 is 0 Å². The molecule has 2 amide bonds. The zero-order valence-corrected chi connectivity index (χ0v) is 18.8. The van der Waals surface area contributed by atoms with Crippen molar-refractivity contribution in [1.29, 1.82) is 0 Å². The van der Waals surface area contributed by atoms with Crippen molar-refractivity contribution in [2.75, 3.05) is 26.2 Å². The number of nitrogens with zero attached hydrogens (tertiary/aromatic N) is 3. The quantitative estimate of drug-likeness (QED) is 0.577. The molecule has 6 heteroatoms. The number of hydrogen-bond acceptors (Lipinski definition) is 3. The molecule has 0 aliphatic carbocycles. The molecule has 0 spiro atoms. The number of likely N-dealkylation sites (N-methyl/N-ethyl adjacent to an activating group) is 1. The van der Waals surface area contributed by atoms with Gasteiger partial charge in [-0.2, -0.15) is 0 Å². The van der Waals surface area contributed by atoms with E-state index in [4.69, 9.17) is 0 Å². The second-order valence-electron chi connectivity index (χ2n) is 8.40. The van der Waals surface area contributed by atoms with Gasteiger partial charge in [0.15, 0.2) is 0 Å². The van der Waals surface area contributed by atoms with E-state index in [1.807, 2.05) is 53.1 Å². The lowest BCUT2D eigenvalue weighted by molar-refractivity contribution is -0.134. The first-order valence-corrected chi connectivity index (χ1v) is 11.3. The van der Waals surface area contributed by atoms with Crippen molar-refractivity contribution in [1.82, 2.24) is 14.8 Å². The molecule has 0 radical (unpaired) electrons. The van der Waals surface area contributed by atoms with Gasteiger partial charge in [0.2, 0.25) is 11.8 Å². The van der Waals surface area contributed by atoms with Gasteiger partial charge in [0.05, 0.1) is 12.3 Å². The van der Waals surface area contributed by atoms with E-state index in [1.165, 1.54) is 12.1 Å². The molecule has 0 N–H and O–H groups in total. The second-order valence-corrected chi connectivity index (χ2v) is 8.40. The zero-order valence-electron chi connectivity index (χ0n) is 18.8. The number of benzene rings is 2. The summed E-state index contributed by atoms with van der Waals surface area (Å²) < 4.78 is 13.3. The second kappa shape index (κ2) is 10.4. The molecule has 1 aliphatic rings. The first kappa shape index (κ1) is 22.6. The fraction of sp³-hybridized carbons (Fsp3) is 0.296. The maximum atomic E-state index is 13.3. The third-order valence-electron chi connectivity index (χ3n) is 6.14. The Morgan fingerprint density at radius 3 is 2.55 bits per heavy atom. The van der Waals surface area contributed by atoms with Gasteiger partial charge in [0, 0.05) is 38.6 Å². The van der Waals surface area contributed by atoms with Crippen LogP contribution in [0, 0.1) is 11.7 Å². The van der Waals surface area contributed by atoms with Crippen LogP contribution in [0.3, 0.4) is 0 Å². The zero-order chi connectivity index (χ0) is 23.2. The molecule has 33 heavy (non-hydrogen) atoms. The normalized spacial score (nSPS) is 16.5. The summed E-state index contributed by atoms with van der Waals surface area (Å²) in [5.74, 6) is -0.483. The Kier molecular flexibility index (Phi) is 7.13. The van der Waals surface area contributed by atoms with E-state index >= 15 is 0 Å². The summed E-state index contributed by atoms with van der Waals surface area (Å²) in [6.45, 7) is 4.06. The molecule has 170 valence electrons. The molecular weight excluding hydrogens is 417 g/mol. The van der Waals surface area contributed by atoms with Gasteiger partial charge >= 0.3 is 0 Å². The first-order valence-electron chi connectivity index (χ1n) is 11.3. The van der Waals surface area contributed by atoms with E-state index in [2.05, 4.69) is 4.98 Å². The Labute approximate surface area is 193 Å². The van der Waals surface area contributed by atoms with Crippen molar-refractivity contribution in [3.8, 4) is 11.1 Å². The van der Waals surface area contributed by atoms with Crippen LogP contribution in [0.5, 0.6) is 0 Å². The summed E-state index contributed by atoms with van der Waals surface area (Å²) in [5, 5.41) is 0. The number of pyridine rings is 1. The van der Waals surface area contributed by atoms with E-state index in [-0.39, 0.29) is 30.0 Å². The lowest BCUT2D eigenvalue weighted by Gasteiger charge is -2.24. The van der Waals surface area contributed by atoms with Crippen molar-refractivity contribution in [3.63, 3.8) is 0 Å². The smallest absolute Gasteiger partial charge is 0.227 e. The standard InChI is InChI=1S/C27H28FN3O2/c1-2-30-13-14-31(26(32)17-21-6-4-12-29-18-21)19-24(27(30)33)16-20-5-3-7-23(15-20)22-8-10-25(28)11-9-22/h3-12,15,18,24H,2,13-14,16-17,19H2,1H3. The van der Waals surface area contributed by atoms with Crippen LogP contribution in [0.2, 0.25) is 0 Å². The van der Waals surface area contributed by atoms with E-state index < -0.39 is 0 Å². The lowest BCUT2D eigenvalue weighted by atomic mass is 9.94. The minimum absolute atomic E-state index is 0.0128. The van der Waals surface area contributed by atoms with Crippen molar-refractivity contribution in [2.24, 2.45) is 5.92 Å². The minimum atomic E-state index is -0.311. The summed E-state index contributed by atoms with van der Waals surface area (Å²) in [6, 6.07) is 18.1. The Bertz CT molecular complexity index is 1100. The predicted octanol–water partition coefficient (Wildman–Crippen LogP) is 3.98. The molecule has 1 fully saturated rings. The highest BCUT2D eigenvalue weighted by Crippen LogP contribution is 2.24. The summed E-state index contributed by atoms with van der Waals surface area (Å²) in [7, 11) is 0. The third kappa shape index (κ3) is 5.64. The summed E-state index contributed by atoms with van der Waals surface area (Å²) in [6.07, 6.45) is 4.22. The lowest BCUT2D eigenvalue weighted by Crippen LogP contribution is -2.38. The highest BCUT2D eigenvalue weighted by Gasteiger charge is 2.31. The van der Waals surface area contributed by atoms with Gasteiger partial charge in [-0.05, 0) is 53.8 Å². The van der Waals surface area contributed by atoms with Gasteiger partial charge in [-0.15, -0.1) is 0 Å². The third-order valence-corrected chi connectivity index (χ3v) is 6.14. The molecule has 1 atom stereocenters. The van der Waals surface area contributed by atoms with Crippen LogP contribution in [-0.2, 0) is 22.4 Å². The van der Waals surface area contributed by atoms with E-state index in [0.29, 0.717) is 32.6 Å². The molecule has 2 heterocycles. The number of carbonyl (C=O) groups is 2. The molecule has 2 aromatic carbocycles. The van der Waals surface area contributed by atoms with Crippen molar-refractivity contribution in [2.45, 2.75) is 19.8 Å². The monoisotopic (exact) mass is 445 g/mol. The van der Waals surface area contributed by atoms with Crippen LogP contribution in [-0.4, -0.2) is 52.8 Å². The van der Waals surface area contributed by atoms with Crippen molar-refractivity contribution in [3.05, 3.63) is 90.0 Å². The molecule has 1 aromatic heterocycles. The Hall–Kier alpha value is -3.54. The number of amides is 2. The van der Waals surface area contributed by atoms with Gasteiger partial charge in [0.25, 0.3) is 0 Å². The molecule has 1 unspecified atom stereocenters. The van der Waals surface area contributed by atoms with Crippen molar-refractivity contribution < 1.29 is 14.0 Å². The van der Waals surface area contributed by atoms with Gasteiger partial charge in [0.1, 0.15) is 5.82 Å². The van der Waals surface area contributed by atoms with Crippen LogP contribution in [0.4, 0.5) is 4.39 Å². The molecule has 0 bridgehead atoms. The highest BCUT2D eigenvalue weighted by atomic mass is 19.1. The van der Waals surface area contributed by atoms with Gasteiger partial charge in [-0.1, -0.05) is 42.5 Å². The van der Waals surface area contributed by atoms with E-state index in [0.717, 1.165) is 22.3 Å². The van der Waals surface area contributed by atoms with Crippen molar-refractivity contribution >= 4 is 11.8 Å². The fourth-order valence-electron chi connectivity index (χ4n) is 4.33. The van der Waals surface area contributed by atoms with Gasteiger partial charge < -0.3 is 9.80 Å². The predicted molar refractivity (Wildman–Crippen MR) is 126 cm³/mol. The van der Waals surface area contributed by atoms with Gasteiger partial charge in [-0.3, -0.25) is 14.6 Å². The summed E-state index contributed by atoms with van der Waals surface area (Å²) >= 11 is 0. The maximum Gasteiger partial charge on any atom is 0.227 e. The molecule has 0 saturated carbocycles. The molecule has 1 aliphatic heterocycles. The maximum absolute atomic E-state index is 13.3. The van der Waals surface area contributed by atoms with Crippen LogP contribution in [0.25, 0.3) is 11.1 Å². The molecule has 5 nitrogen and oxygen atoms in total. The topological polar surface area (TPSA) is 53.5 Å². The molecular formula is C27H28FN3O2. The molecule has 1 saturated heterocycles. The Morgan fingerprint density at radius 2 is 1.82 bits per heavy atom. The summed E-state index contributed by atoms with van der Waals surface area (Å²) in [4.78, 5) is 34.0. The Balaban J connectivity index is 1.53. The molecule has 4 rings (SSSR count). The van der Waals surface area contributed by atoms with Crippen LogP contribution in [0.15, 0.2) is 73.1 Å². The fourth-order valence-corrected chi connectivity index (χ4v) is 4.33. The number of aromatic nitrogens is 1. The van der Waals surface area contributed by atoms with Crippen LogP contribution >= 0.6 is 0 Å². The summed E-state index contributed by atoms with van der Waals surface area (Å²) in [5.41, 5.74) is 3.79. The number of carbonyl (C=O) groups excluding carboxylic acids is 2.